The van der Waals surface area contributed by atoms with Crippen LogP contribution in [0.3, 0.4) is 0 Å². The summed E-state index contributed by atoms with van der Waals surface area (Å²) >= 11 is 16.6. The van der Waals surface area contributed by atoms with E-state index >= 15 is 0 Å². The lowest BCUT2D eigenvalue weighted by Gasteiger charge is -2.22. The maximum atomic E-state index is 13.1. The van der Waals surface area contributed by atoms with E-state index in [1.54, 1.807) is 43.4 Å². The number of hydrogen-bond donors (Lipinski definition) is 1. The molecule has 0 heterocycles. The van der Waals surface area contributed by atoms with E-state index in [-0.39, 0.29) is 17.2 Å². The summed E-state index contributed by atoms with van der Waals surface area (Å²) in [5, 5.41) is 21.1. The average molecular weight is 677 g/mol. The molecule has 1 N–H and O–H groups in total. The van der Waals surface area contributed by atoms with Crippen LogP contribution in [0.1, 0.15) is 33.0 Å². The smallest absolute Gasteiger partial charge is 0.261 e. The van der Waals surface area contributed by atoms with Crippen molar-refractivity contribution in [2.75, 3.05) is 11.9 Å². The fourth-order valence-corrected chi connectivity index (χ4v) is 5.52. The largest absolute Gasteiger partial charge is 0.506 e. The van der Waals surface area contributed by atoms with Crippen LogP contribution in [-0.2, 0) is 0 Å². The van der Waals surface area contributed by atoms with Crippen molar-refractivity contribution in [3.63, 3.8) is 0 Å². The number of carbonyl (C=O) groups excluding carboxylic acids is 1. The monoisotopic (exact) mass is 676 g/mol. The van der Waals surface area contributed by atoms with Gasteiger partial charge in [-0.2, -0.15) is 5.26 Å². The van der Waals surface area contributed by atoms with Gasteiger partial charge in [-0.3, -0.25) is 4.79 Å². The molecule has 0 aliphatic rings. The number of nitrogens with zero attached hydrogens (tertiary/aromatic N) is 2. The van der Waals surface area contributed by atoms with E-state index in [2.05, 4.69) is 28.7 Å². The molecule has 3 aromatic rings. The molecule has 0 saturated heterocycles. The van der Waals surface area contributed by atoms with Gasteiger partial charge in [0.05, 0.1) is 31.8 Å². The zero-order chi connectivity index (χ0) is 22.9. The highest BCUT2D eigenvalue weighted by atomic mass is 127. The fraction of sp³-hybridized carbons (Fsp3) is 0.130. The summed E-state index contributed by atoms with van der Waals surface area (Å²) in [6.45, 7) is 1.87. The number of carbonyl (C=O) groups is 1. The van der Waals surface area contributed by atoms with Crippen molar-refractivity contribution in [2.45, 2.75) is 12.8 Å². The molecular formula is C23H16Cl2I2N2O2. The number of rotatable bonds is 4. The van der Waals surface area contributed by atoms with Gasteiger partial charge in [0, 0.05) is 15.6 Å². The van der Waals surface area contributed by atoms with Gasteiger partial charge in [0.15, 0.2) is 0 Å². The van der Waals surface area contributed by atoms with Crippen molar-refractivity contribution in [3.05, 3.63) is 88.0 Å². The van der Waals surface area contributed by atoms with E-state index in [0.29, 0.717) is 19.3 Å². The van der Waals surface area contributed by atoms with Gasteiger partial charge < -0.3 is 10.0 Å². The summed E-state index contributed by atoms with van der Waals surface area (Å²) in [6.07, 6.45) is 0. The Kier molecular flexibility index (Phi) is 7.73. The molecule has 3 aromatic carbocycles. The molecule has 0 aromatic heterocycles. The quantitative estimate of drug-likeness (QED) is 0.299. The van der Waals surface area contributed by atoms with Gasteiger partial charge in [-0.15, -0.1) is 0 Å². The van der Waals surface area contributed by atoms with Gasteiger partial charge in [-0.25, -0.2) is 0 Å². The van der Waals surface area contributed by atoms with Crippen LogP contribution >= 0.6 is 68.4 Å². The average Bonchev–Trinajstić information content (AvgIpc) is 2.73. The van der Waals surface area contributed by atoms with Crippen LogP contribution in [0, 0.1) is 25.4 Å². The molecule has 0 spiro atoms. The van der Waals surface area contributed by atoms with Crippen LogP contribution in [0.5, 0.6) is 5.75 Å². The molecule has 0 fully saturated rings. The van der Waals surface area contributed by atoms with E-state index < -0.39 is 5.92 Å². The number of phenols is 1. The number of amides is 1. The molecule has 1 amide bonds. The number of benzene rings is 3. The second-order valence-electron chi connectivity index (χ2n) is 6.92. The molecule has 31 heavy (non-hydrogen) atoms. The van der Waals surface area contributed by atoms with Crippen molar-refractivity contribution < 1.29 is 9.90 Å². The lowest BCUT2D eigenvalue weighted by Crippen LogP contribution is -2.27. The molecule has 3 rings (SSSR count). The first kappa shape index (κ1) is 24.1. The number of hydrogen-bond acceptors (Lipinski definition) is 3. The van der Waals surface area contributed by atoms with Gasteiger partial charge in [0.1, 0.15) is 5.75 Å². The molecule has 1 atom stereocenters. The third kappa shape index (κ3) is 5.11. The highest BCUT2D eigenvalue weighted by Gasteiger charge is 2.24. The van der Waals surface area contributed by atoms with Crippen LogP contribution < -0.4 is 4.90 Å². The van der Waals surface area contributed by atoms with E-state index in [1.165, 1.54) is 4.90 Å². The highest BCUT2D eigenvalue weighted by Crippen LogP contribution is 2.36. The number of halogens is 4. The third-order valence-electron chi connectivity index (χ3n) is 4.90. The molecule has 0 saturated carbocycles. The molecule has 4 nitrogen and oxygen atoms in total. The van der Waals surface area contributed by atoms with E-state index in [1.807, 2.05) is 41.6 Å². The Hall–Kier alpha value is -1.54. The molecule has 0 radical (unpaired) electrons. The third-order valence-corrected chi connectivity index (χ3v) is 6.90. The molecule has 0 bridgehead atoms. The van der Waals surface area contributed by atoms with Crippen molar-refractivity contribution in [1.29, 1.82) is 5.26 Å². The Balaban J connectivity index is 2.01. The molecule has 158 valence electrons. The summed E-state index contributed by atoms with van der Waals surface area (Å²) < 4.78 is 1.44. The van der Waals surface area contributed by atoms with Crippen LogP contribution in [0.15, 0.2) is 48.5 Å². The topological polar surface area (TPSA) is 64.3 Å². The highest BCUT2D eigenvalue weighted by molar-refractivity contribution is 14.1. The molecule has 0 aliphatic carbocycles. The first-order valence-corrected chi connectivity index (χ1v) is 12.0. The lowest BCUT2D eigenvalue weighted by atomic mass is 9.89. The molecule has 0 aliphatic heterocycles. The van der Waals surface area contributed by atoms with Crippen LogP contribution in [0.4, 0.5) is 5.69 Å². The Morgan fingerprint density at radius 1 is 1.13 bits per heavy atom. The van der Waals surface area contributed by atoms with Crippen LogP contribution in [-0.4, -0.2) is 18.1 Å². The predicted octanol–water partition coefficient (Wildman–Crippen LogP) is 7.15. The van der Waals surface area contributed by atoms with Crippen molar-refractivity contribution in [3.8, 4) is 11.8 Å². The summed E-state index contributed by atoms with van der Waals surface area (Å²) in [5.74, 6) is -0.960. The normalized spacial score (nSPS) is 11.6. The first-order valence-electron chi connectivity index (χ1n) is 9.05. The van der Waals surface area contributed by atoms with E-state index in [9.17, 15) is 15.2 Å². The SMILES string of the molecule is Cc1cc(N(C)C(=O)c2cc(I)cc(I)c2O)c(Cl)cc1C(C#N)c1ccc(Cl)cc1. The Bertz CT molecular complexity index is 1210. The van der Waals surface area contributed by atoms with Crippen LogP contribution in [0.25, 0.3) is 0 Å². The van der Waals surface area contributed by atoms with Gasteiger partial charge in [-0.1, -0.05) is 35.3 Å². The first-order chi connectivity index (χ1) is 14.6. The maximum absolute atomic E-state index is 13.1. The summed E-state index contributed by atoms with van der Waals surface area (Å²) in [4.78, 5) is 14.5. The van der Waals surface area contributed by atoms with Gasteiger partial charge >= 0.3 is 0 Å². The summed E-state index contributed by atoms with van der Waals surface area (Å²) in [7, 11) is 1.61. The minimum atomic E-state index is -0.522. The Labute approximate surface area is 218 Å². The number of aromatic hydroxyl groups is 1. The molecule has 1 unspecified atom stereocenters. The van der Waals surface area contributed by atoms with Gasteiger partial charge in [0.25, 0.3) is 5.91 Å². The standard InChI is InChI=1S/C23H16Cl2I2N2O2/c1-12-7-21(29(2)23(31)17-8-15(26)9-20(27)22(17)30)19(25)10-16(12)18(11-28)13-3-5-14(24)6-4-13/h3-10,18,30H,1-2H3. The Morgan fingerprint density at radius 2 is 1.77 bits per heavy atom. The zero-order valence-electron chi connectivity index (χ0n) is 16.5. The van der Waals surface area contributed by atoms with E-state index in [4.69, 9.17) is 23.2 Å². The molecular weight excluding hydrogens is 661 g/mol. The van der Waals surface area contributed by atoms with Gasteiger partial charge in [0.2, 0.25) is 0 Å². The maximum Gasteiger partial charge on any atom is 0.261 e. The van der Waals surface area contributed by atoms with Gasteiger partial charge in [-0.05, 0) is 105 Å². The van der Waals surface area contributed by atoms with E-state index in [0.717, 1.165) is 20.3 Å². The van der Waals surface area contributed by atoms with Crippen molar-refractivity contribution in [2.24, 2.45) is 0 Å². The predicted molar refractivity (Wildman–Crippen MR) is 141 cm³/mol. The summed E-state index contributed by atoms with van der Waals surface area (Å²) in [6, 6.07) is 16.4. The molecule has 8 heteroatoms. The van der Waals surface area contributed by atoms with Crippen LogP contribution in [0.2, 0.25) is 10.0 Å². The fourth-order valence-electron chi connectivity index (χ4n) is 3.25. The minimum absolute atomic E-state index is 0.0605. The second kappa shape index (κ2) is 9.94. The van der Waals surface area contributed by atoms with Crippen molar-refractivity contribution in [1.82, 2.24) is 0 Å². The number of nitriles is 1. The van der Waals surface area contributed by atoms with Crippen molar-refractivity contribution >= 4 is 80.0 Å². The lowest BCUT2D eigenvalue weighted by molar-refractivity contribution is 0.0990. The summed E-state index contributed by atoms with van der Waals surface area (Å²) in [5.41, 5.74) is 3.08. The second-order valence-corrected chi connectivity index (χ2v) is 10.2. The zero-order valence-corrected chi connectivity index (χ0v) is 22.3. The minimum Gasteiger partial charge on any atom is -0.506 e. The number of aryl methyl sites for hydroxylation is 1. The number of phenolic OH excluding ortho intramolecular Hbond substituents is 1. The Morgan fingerprint density at radius 3 is 2.39 bits per heavy atom. The number of anilines is 1.